The molecule has 0 unspecified atom stereocenters. The summed E-state index contributed by atoms with van der Waals surface area (Å²) in [6.45, 7) is 1.81. The second kappa shape index (κ2) is 9.52. The third-order valence-electron chi connectivity index (χ3n) is 5.39. The smallest absolute Gasteiger partial charge is 0.274 e. The van der Waals surface area contributed by atoms with Crippen molar-refractivity contribution in [1.29, 1.82) is 0 Å². The maximum atomic E-state index is 12.8. The second-order valence-electron chi connectivity index (χ2n) is 7.61. The van der Waals surface area contributed by atoms with Crippen molar-refractivity contribution in [1.82, 2.24) is 25.1 Å². The van der Waals surface area contributed by atoms with Crippen LogP contribution in [0.5, 0.6) is 11.5 Å². The molecule has 0 aliphatic heterocycles. The second-order valence-corrected chi connectivity index (χ2v) is 7.61. The Morgan fingerprint density at radius 1 is 1.03 bits per heavy atom. The summed E-state index contributed by atoms with van der Waals surface area (Å²) in [6, 6.07) is 21.1. The first kappa shape index (κ1) is 22.0. The van der Waals surface area contributed by atoms with E-state index >= 15 is 0 Å². The Morgan fingerprint density at radius 2 is 1.64 bits per heavy atom. The lowest BCUT2D eigenvalue weighted by Gasteiger charge is -2.15. The van der Waals surface area contributed by atoms with Crippen LogP contribution in [0, 0.1) is 0 Å². The number of carbonyl (C=O) groups is 1. The fourth-order valence-corrected chi connectivity index (χ4v) is 3.79. The van der Waals surface area contributed by atoms with Gasteiger partial charge in [-0.3, -0.25) is 9.48 Å². The Balaban J connectivity index is 1.64. The molecule has 2 N–H and O–H groups in total. The van der Waals surface area contributed by atoms with Gasteiger partial charge in [-0.15, -0.1) is 0 Å². The van der Waals surface area contributed by atoms with Gasteiger partial charge in [-0.1, -0.05) is 60.7 Å². The number of ether oxygens (including phenoxy) is 1. The molecular weight excluding hydrogens is 418 g/mol. The van der Waals surface area contributed by atoms with E-state index < -0.39 is 11.9 Å². The number of hydrogen-bond acceptors (Lipinski definition) is 6. The Morgan fingerprint density at radius 3 is 2.21 bits per heavy atom. The van der Waals surface area contributed by atoms with Gasteiger partial charge < -0.3 is 15.2 Å². The Hall–Kier alpha value is -4.20. The number of carbonyl (C=O) groups excluding carboxylic acids is 1. The highest BCUT2D eigenvalue weighted by molar-refractivity contribution is 5.95. The summed E-state index contributed by atoms with van der Waals surface area (Å²) in [5, 5.41) is 17.8. The zero-order chi connectivity index (χ0) is 23.4. The maximum Gasteiger partial charge on any atom is 0.274 e. The van der Waals surface area contributed by atoms with Gasteiger partial charge in [0.05, 0.1) is 19.1 Å². The van der Waals surface area contributed by atoms with Crippen molar-refractivity contribution in [3.8, 4) is 11.5 Å². The third-order valence-corrected chi connectivity index (χ3v) is 5.39. The Bertz CT molecular complexity index is 1200. The lowest BCUT2D eigenvalue weighted by atomic mass is 9.91. The zero-order valence-electron chi connectivity index (χ0n) is 18.6. The number of amides is 1. The molecule has 2 aromatic heterocycles. The number of hydrogen-bond donors (Lipinski definition) is 2. The van der Waals surface area contributed by atoms with Crippen LogP contribution in [0.15, 0.2) is 72.9 Å². The predicted molar refractivity (Wildman–Crippen MR) is 123 cm³/mol. The van der Waals surface area contributed by atoms with Gasteiger partial charge in [-0.25, -0.2) is 9.97 Å². The van der Waals surface area contributed by atoms with Gasteiger partial charge in [0.2, 0.25) is 0 Å². The first-order chi connectivity index (χ1) is 16.0. The molecular formula is C25H25N5O3. The zero-order valence-corrected chi connectivity index (χ0v) is 18.6. The molecule has 0 saturated heterocycles. The van der Waals surface area contributed by atoms with Crippen LogP contribution in [0.3, 0.4) is 0 Å². The molecule has 168 valence electrons. The van der Waals surface area contributed by atoms with E-state index in [4.69, 9.17) is 9.72 Å². The van der Waals surface area contributed by atoms with Crippen molar-refractivity contribution >= 4 is 5.91 Å². The molecule has 0 aliphatic rings. The van der Waals surface area contributed by atoms with Gasteiger partial charge in [-0.05, 0) is 18.1 Å². The van der Waals surface area contributed by atoms with Crippen LogP contribution < -0.4 is 10.1 Å². The van der Waals surface area contributed by atoms with Crippen molar-refractivity contribution in [3.05, 3.63) is 101 Å². The fraction of sp³-hybridized carbons (Fsp3) is 0.200. The van der Waals surface area contributed by atoms with E-state index in [1.807, 2.05) is 43.3 Å². The van der Waals surface area contributed by atoms with E-state index in [1.165, 1.54) is 19.4 Å². The van der Waals surface area contributed by atoms with Crippen molar-refractivity contribution in [2.75, 3.05) is 7.11 Å². The number of aromatic hydroxyl groups is 1. The maximum absolute atomic E-state index is 12.8. The van der Waals surface area contributed by atoms with Gasteiger partial charge >= 0.3 is 0 Å². The van der Waals surface area contributed by atoms with E-state index in [0.717, 1.165) is 11.1 Å². The number of benzene rings is 2. The van der Waals surface area contributed by atoms with Crippen molar-refractivity contribution in [3.63, 3.8) is 0 Å². The van der Waals surface area contributed by atoms with Crippen molar-refractivity contribution in [2.45, 2.75) is 18.9 Å². The molecule has 1 atom stereocenters. The molecule has 2 aromatic carbocycles. The van der Waals surface area contributed by atoms with Gasteiger partial charge in [0, 0.05) is 19.3 Å². The minimum atomic E-state index is -0.536. The average molecular weight is 444 g/mol. The number of methoxy groups -OCH3 is 1. The van der Waals surface area contributed by atoms with Crippen LogP contribution in [0.4, 0.5) is 0 Å². The molecule has 2 heterocycles. The summed E-state index contributed by atoms with van der Waals surface area (Å²) >= 11 is 0. The summed E-state index contributed by atoms with van der Waals surface area (Å²) in [5.41, 5.74) is 2.03. The summed E-state index contributed by atoms with van der Waals surface area (Å²) in [5.74, 6) is 0.394. The fourth-order valence-electron chi connectivity index (χ4n) is 3.79. The predicted octanol–water partition coefficient (Wildman–Crippen LogP) is 3.60. The molecule has 0 spiro atoms. The first-order valence-electron chi connectivity index (χ1n) is 10.5. The molecule has 33 heavy (non-hydrogen) atoms. The topological polar surface area (TPSA) is 102 Å². The van der Waals surface area contributed by atoms with E-state index in [-0.39, 0.29) is 23.1 Å². The highest BCUT2D eigenvalue weighted by Crippen LogP contribution is 2.31. The van der Waals surface area contributed by atoms with Crippen molar-refractivity contribution < 1.29 is 14.6 Å². The lowest BCUT2D eigenvalue weighted by Crippen LogP contribution is -2.29. The standard InChI is InChI=1S/C25H25N5O3/c1-16(27-25(32)21-22(31)19(33-3)14-15-26-21)24-28-23(29-30(24)2)20(17-10-6-4-7-11-17)18-12-8-5-9-13-18/h4-16,20,31H,1-3H3,(H,27,32)/t16-/m0/s1. The summed E-state index contributed by atoms with van der Waals surface area (Å²) in [7, 11) is 3.21. The van der Waals surface area contributed by atoms with Crippen LogP contribution >= 0.6 is 0 Å². The number of pyridine rings is 1. The highest BCUT2D eigenvalue weighted by atomic mass is 16.5. The number of nitrogens with one attached hydrogen (secondary N) is 1. The average Bonchev–Trinajstić information content (AvgIpc) is 3.21. The molecule has 8 nitrogen and oxygen atoms in total. The molecule has 1 amide bonds. The van der Waals surface area contributed by atoms with E-state index in [2.05, 4.69) is 39.7 Å². The molecule has 0 saturated carbocycles. The molecule has 0 aliphatic carbocycles. The molecule has 0 radical (unpaired) electrons. The van der Waals surface area contributed by atoms with E-state index in [1.54, 1.807) is 11.7 Å². The van der Waals surface area contributed by atoms with Crippen LogP contribution in [0.25, 0.3) is 0 Å². The van der Waals surface area contributed by atoms with Gasteiger partial charge in [0.15, 0.2) is 23.0 Å². The van der Waals surface area contributed by atoms with Crippen LogP contribution in [0.2, 0.25) is 0 Å². The number of aryl methyl sites for hydroxylation is 1. The highest BCUT2D eigenvalue weighted by Gasteiger charge is 2.26. The van der Waals surface area contributed by atoms with Gasteiger partial charge in [-0.2, -0.15) is 5.10 Å². The summed E-state index contributed by atoms with van der Waals surface area (Å²) < 4.78 is 6.73. The largest absolute Gasteiger partial charge is 0.503 e. The normalized spacial score (nSPS) is 11.9. The van der Waals surface area contributed by atoms with Gasteiger partial charge in [0.1, 0.15) is 5.82 Å². The van der Waals surface area contributed by atoms with Gasteiger partial charge in [0.25, 0.3) is 5.91 Å². The van der Waals surface area contributed by atoms with E-state index in [0.29, 0.717) is 11.6 Å². The minimum absolute atomic E-state index is 0.116. The quantitative estimate of drug-likeness (QED) is 0.453. The lowest BCUT2D eigenvalue weighted by molar-refractivity contribution is 0.0929. The Kier molecular flexibility index (Phi) is 6.35. The summed E-state index contributed by atoms with van der Waals surface area (Å²) in [4.78, 5) is 21.5. The molecule has 8 heteroatoms. The minimum Gasteiger partial charge on any atom is -0.503 e. The number of rotatable bonds is 7. The molecule has 0 bridgehead atoms. The van der Waals surface area contributed by atoms with Crippen LogP contribution in [0.1, 0.15) is 52.1 Å². The number of nitrogens with zero attached hydrogens (tertiary/aromatic N) is 4. The molecule has 4 rings (SSSR count). The Labute approximate surface area is 191 Å². The van der Waals surface area contributed by atoms with Crippen LogP contribution in [-0.4, -0.2) is 37.9 Å². The third kappa shape index (κ3) is 4.55. The monoisotopic (exact) mass is 443 g/mol. The van der Waals surface area contributed by atoms with E-state index in [9.17, 15) is 9.90 Å². The summed E-state index contributed by atoms with van der Waals surface area (Å²) in [6.07, 6.45) is 1.41. The molecule has 0 fully saturated rings. The SMILES string of the molecule is COc1ccnc(C(=O)N[C@@H](C)c2nc(C(c3ccccc3)c3ccccc3)nn2C)c1O. The first-order valence-corrected chi connectivity index (χ1v) is 10.5. The van der Waals surface area contributed by atoms with Crippen molar-refractivity contribution in [2.24, 2.45) is 7.05 Å². The van der Waals surface area contributed by atoms with Crippen LogP contribution in [-0.2, 0) is 7.05 Å². The number of aromatic nitrogens is 4. The molecule has 4 aromatic rings.